The van der Waals surface area contributed by atoms with Gasteiger partial charge in [-0.15, -0.1) is 11.8 Å². The number of nitrogens with zero attached hydrogens (tertiary/aromatic N) is 2. The normalized spacial score (nSPS) is 15.0. The van der Waals surface area contributed by atoms with E-state index >= 15 is 0 Å². The summed E-state index contributed by atoms with van der Waals surface area (Å²) in [6, 6.07) is 17.6. The molecule has 1 atom stereocenters. The van der Waals surface area contributed by atoms with E-state index in [1.807, 2.05) is 54.6 Å². The molecule has 1 aliphatic heterocycles. The van der Waals surface area contributed by atoms with Crippen LogP contribution in [0, 0.1) is 0 Å². The van der Waals surface area contributed by atoms with Gasteiger partial charge >= 0.3 is 5.97 Å². The lowest BCUT2D eigenvalue weighted by atomic mass is 10.2. The molecule has 0 aliphatic carbocycles. The molecule has 29 heavy (non-hydrogen) atoms. The molecule has 0 saturated carbocycles. The first-order chi connectivity index (χ1) is 14.1. The largest absolute Gasteiger partial charge is 0.497 e. The average Bonchev–Trinajstić information content (AvgIpc) is 2.78. The van der Waals surface area contributed by atoms with E-state index in [9.17, 15) is 9.59 Å². The van der Waals surface area contributed by atoms with Crippen molar-refractivity contribution in [2.24, 2.45) is 0 Å². The molecule has 1 amide bonds. The van der Waals surface area contributed by atoms with Crippen molar-refractivity contribution in [2.45, 2.75) is 17.1 Å². The number of thioether (sulfide) groups is 1. The zero-order valence-electron chi connectivity index (χ0n) is 16.7. The van der Waals surface area contributed by atoms with E-state index in [4.69, 9.17) is 9.47 Å². The maximum atomic E-state index is 12.4. The van der Waals surface area contributed by atoms with Crippen LogP contribution < -0.4 is 9.64 Å². The van der Waals surface area contributed by atoms with Crippen LogP contribution in [0.5, 0.6) is 5.75 Å². The summed E-state index contributed by atoms with van der Waals surface area (Å²) < 4.78 is 10.4. The summed E-state index contributed by atoms with van der Waals surface area (Å²) in [5, 5.41) is -0.364. The molecule has 0 aromatic heterocycles. The van der Waals surface area contributed by atoms with Crippen LogP contribution in [0.25, 0.3) is 0 Å². The first-order valence-electron chi connectivity index (χ1n) is 9.62. The molecule has 1 heterocycles. The summed E-state index contributed by atoms with van der Waals surface area (Å²) in [4.78, 5) is 29.6. The summed E-state index contributed by atoms with van der Waals surface area (Å²) in [6.07, 6.45) is 0. The van der Waals surface area contributed by atoms with Gasteiger partial charge in [0.1, 0.15) is 11.0 Å². The van der Waals surface area contributed by atoms with Crippen LogP contribution >= 0.6 is 11.8 Å². The minimum Gasteiger partial charge on any atom is -0.497 e. The molecule has 1 saturated heterocycles. The number of amides is 1. The van der Waals surface area contributed by atoms with Crippen LogP contribution in [-0.2, 0) is 14.3 Å². The van der Waals surface area contributed by atoms with Gasteiger partial charge in [-0.25, -0.2) is 0 Å². The number of benzene rings is 2. The number of carbonyl (C=O) groups excluding carboxylic acids is 2. The molecule has 0 unspecified atom stereocenters. The summed E-state index contributed by atoms with van der Waals surface area (Å²) >= 11 is 1.42. The van der Waals surface area contributed by atoms with Gasteiger partial charge in [-0.05, 0) is 43.3 Å². The van der Waals surface area contributed by atoms with Gasteiger partial charge in [-0.3, -0.25) is 9.59 Å². The minimum absolute atomic E-state index is 0.148. The highest BCUT2D eigenvalue weighted by atomic mass is 32.2. The SMILES string of the molecule is COc1ccc(N2CCN(C(=O)COC(=O)[C@H](C)Sc3ccccc3)CC2)cc1. The van der Waals surface area contributed by atoms with Gasteiger partial charge in [0.25, 0.3) is 5.91 Å². The summed E-state index contributed by atoms with van der Waals surface area (Å²) in [5.41, 5.74) is 1.11. The Morgan fingerprint density at radius 3 is 2.28 bits per heavy atom. The Labute approximate surface area is 175 Å². The third-order valence-electron chi connectivity index (χ3n) is 4.80. The molecule has 2 aromatic rings. The quantitative estimate of drug-likeness (QED) is 0.513. The number of rotatable bonds is 7. The van der Waals surface area contributed by atoms with Crippen molar-refractivity contribution in [3.8, 4) is 5.75 Å². The molecule has 0 N–H and O–H groups in total. The second kappa shape index (κ2) is 10.2. The van der Waals surface area contributed by atoms with E-state index in [1.165, 1.54) is 11.8 Å². The van der Waals surface area contributed by atoms with Crippen LogP contribution in [0.15, 0.2) is 59.5 Å². The minimum atomic E-state index is -0.371. The van der Waals surface area contributed by atoms with Gasteiger partial charge < -0.3 is 19.3 Å². The molecule has 7 heteroatoms. The topological polar surface area (TPSA) is 59.1 Å². The number of hydrogen-bond acceptors (Lipinski definition) is 6. The Morgan fingerprint density at radius 1 is 1.00 bits per heavy atom. The number of carbonyl (C=O) groups is 2. The summed E-state index contributed by atoms with van der Waals surface area (Å²) in [6.45, 7) is 4.28. The van der Waals surface area contributed by atoms with E-state index < -0.39 is 0 Å². The molecule has 0 bridgehead atoms. The summed E-state index contributed by atoms with van der Waals surface area (Å²) in [7, 11) is 1.65. The average molecular weight is 415 g/mol. The first-order valence-corrected chi connectivity index (χ1v) is 10.5. The lowest BCUT2D eigenvalue weighted by molar-refractivity contribution is -0.151. The maximum absolute atomic E-state index is 12.4. The Bertz CT molecular complexity index is 805. The van der Waals surface area contributed by atoms with Crippen molar-refractivity contribution in [3.05, 3.63) is 54.6 Å². The van der Waals surface area contributed by atoms with Crippen molar-refractivity contribution in [2.75, 3.05) is 44.8 Å². The molecule has 1 fully saturated rings. The summed E-state index contributed by atoms with van der Waals surface area (Å²) in [5.74, 6) is 0.303. The van der Waals surface area contributed by atoms with E-state index in [1.54, 1.807) is 18.9 Å². The van der Waals surface area contributed by atoms with Crippen molar-refractivity contribution in [1.82, 2.24) is 4.90 Å². The van der Waals surface area contributed by atoms with Crippen LogP contribution in [0.2, 0.25) is 0 Å². The molecule has 6 nitrogen and oxygen atoms in total. The molecule has 0 radical (unpaired) electrons. The van der Waals surface area contributed by atoms with E-state index in [0.717, 1.165) is 29.4 Å². The lowest BCUT2D eigenvalue weighted by Crippen LogP contribution is -2.50. The number of ether oxygens (including phenoxy) is 2. The second-order valence-electron chi connectivity index (χ2n) is 6.75. The zero-order chi connectivity index (χ0) is 20.6. The first kappa shape index (κ1) is 21.0. The Morgan fingerprint density at radius 2 is 1.66 bits per heavy atom. The molecule has 0 spiro atoms. The monoisotopic (exact) mass is 414 g/mol. The molecular weight excluding hydrogens is 388 g/mol. The molecule has 3 rings (SSSR count). The van der Waals surface area contributed by atoms with Gasteiger partial charge in [0.05, 0.1) is 7.11 Å². The van der Waals surface area contributed by atoms with Crippen molar-refractivity contribution in [1.29, 1.82) is 0 Å². The third kappa shape index (κ3) is 5.90. The standard InChI is InChI=1S/C22H26N2O4S/c1-17(29-20-6-4-3-5-7-20)22(26)28-16-21(25)24-14-12-23(13-15-24)18-8-10-19(27-2)11-9-18/h3-11,17H,12-16H2,1-2H3/t17-/m0/s1. The Kier molecular flexibility index (Phi) is 7.41. The van der Waals surface area contributed by atoms with Crippen LogP contribution in [0.4, 0.5) is 5.69 Å². The van der Waals surface area contributed by atoms with Crippen LogP contribution in [0.3, 0.4) is 0 Å². The van der Waals surface area contributed by atoms with E-state index in [2.05, 4.69) is 4.90 Å². The number of anilines is 1. The molecule has 1 aliphatic rings. The second-order valence-corrected chi connectivity index (χ2v) is 8.16. The number of piperazine rings is 1. The highest BCUT2D eigenvalue weighted by Crippen LogP contribution is 2.23. The fourth-order valence-electron chi connectivity index (χ4n) is 3.10. The highest BCUT2D eigenvalue weighted by Gasteiger charge is 2.23. The highest BCUT2D eigenvalue weighted by molar-refractivity contribution is 8.00. The predicted molar refractivity (Wildman–Crippen MR) is 115 cm³/mol. The molecular formula is C22H26N2O4S. The third-order valence-corrected chi connectivity index (χ3v) is 5.89. The smallest absolute Gasteiger partial charge is 0.319 e. The van der Waals surface area contributed by atoms with Gasteiger partial charge in [0.2, 0.25) is 0 Å². The van der Waals surface area contributed by atoms with Gasteiger partial charge in [0.15, 0.2) is 6.61 Å². The van der Waals surface area contributed by atoms with Crippen molar-refractivity contribution in [3.63, 3.8) is 0 Å². The van der Waals surface area contributed by atoms with Gasteiger partial charge in [0, 0.05) is 36.8 Å². The molecule has 2 aromatic carbocycles. The van der Waals surface area contributed by atoms with Crippen LogP contribution in [-0.4, -0.2) is 61.9 Å². The number of esters is 1. The van der Waals surface area contributed by atoms with Crippen molar-refractivity contribution >= 4 is 29.3 Å². The Hall–Kier alpha value is -2.67. The Balaban J connectivity index is 1.41. The fraction of sp³-hybridized carbons (Fsp3) is 0.364. The van der Waals surface area contributed by atoms with Gasteiger partial charge in [-0.2, -0.15) is 0 Å². The predicted octanol–water partition coefficient (Wildman–Crippen LogP) is 3.07. The van der Waals surface area contributed by atoms with E-state index in [0.29, 0.717) is 13.1 Å². The van der Waals surface area contributed by atoms with E-state index in [-0.39, 0.29) is 23.7 Å². The fourth-order valence-corrected chi connectivity index (χ4v) is 3.99. The maximum Gasteiger partial charge on any atom is 0.319 e. The van der Waals surface area contributed by atoms with Crippen molar-refractivity contribution < 1.29 is 19.1 Å². The zero-order valence-corrected chi connectivity index (χ0v) is 17.6. The van der Waals surface area contributed by atoms with Crippen LogP contribution in [0.1, 0.15) is 6.92 Å². The number of methoxy groups -OCH3 is 1. The lowest BCUT2D eigenvalue weighted by Gasteiger charge is -2.36. The van der Waals surface area contributed by atoms with Gasteiger partial charge in [-0.1, -0.05) is 18.2 Å². The molecule has 154 valence electrons. The number of hydrogen-bond donors (Lipinski definition) is 0.